The van der Waals surface area contributed by atoms with Crippen molar-refractivity contribution in [3.8, 4) is 0 Å². The van der Waals surface area contributed by atoms with Crippen LogP contribution < -0.4 is 5.32 Å². The molecule has 0 radical (unpaired) electrons. The summed E-state index contributed by atoms with van der Waals surface area (Å²) in [4.78, 5) is 14.6. The number of nitrogens with one attached hydrogen (secondary N) is 1. The molecule has 1 saturated heterocycles. The number of rotatable bonds is 3. The van der Waals surface area contributed by atoms with Crippen LogP contribution in [0.25, 0.3) is 0 Å². The number of hydrogen-bond donors (Lipinski definition) is 1. The number of hydrogen-bond acceptors (Lipinski definition) is 2. The molecule has 0 aromatic heterocycles. The summed E-state index contributed by atoms with van der Waals surface area (Å²) in [5, 5.41) is 3.26. The van der Waals surface area contributed by atoms with E-state index in [1.807, 2.05) is 0 Å². The second kappa shape index (κ2) is 6.39. The zero-order valence-electron chi connectivity index (χ0n) is 11.1. The average Bonchev–Trinajstić information content (AvgIpc) is 2.21. The zero-order chi connectivity index (χ0) is 12.1. The molecule has 98 valence electrons. The highest BCUT2D eigenvalue weighted by molar-refractivity contribution is 5.79. The number of amides is 1. The number of nitrogens with zero attached hydrogens (tertiary/aromatic N) is 1. The molecule has 0 atom stereocenters. The Kier molecular flexibility index (Phi) is 4.84. The number of carbonyl (C=O) groups is 1. The van der Waals surface area contributed by atoms with Crippen molar-refractivity contribution in [1.82, 2.24) is 10.2 Å². The third-order valence-corrected chi connectivity index (χ3v) is 4.28. The van der Waals surface area contributed by atoms with Gasteiger partial charge >= 0.3 is 0 Å². The Hall–Kier alpha value is -0.570. The Morgan fingerprint density at radius 3 is 2.18 bits per heavy atom. The molecule has 1 heterocycles. The minimum Gasteiger partial charge on any atom is -0.337 e. The lowest BCUT2D eigenvalue weighted by Gasteiger charge is -2.39. The molecule has 2 rings (SSSR count). The van der Waals surface area contributed by atoms with Crippen LogP contribution in [0.3, 0.4) is 0 Å². The standard InChI is InChI=1S/C14H26N2O/c1-2-16(13-10-15-11-13)14(17)12-8-6-4-3-5-7-9-12/h12-13,15H,2-11H2,1H3. The van der Waals surface area contributed by atoms with Crippen LogP contribution in [-0.2, 0) is 4.79 Å². The Morgan fingerprint density at radius 2 is 1.71 bits per heavy atom. The first kappa shape index (κ1) is 12.9. The Morgan fingerprint density at radius 1 is 1.12 bits per heavy atom. The Bertz CT molecular complexity index is 243. The first-order chi connectivity index (χ1) is 8.33. The van der Waals surface area contributed by atoms with Gasteiger partial charge in [0.25, 0.3) is 0 Å². The third-order valence-electron chi connectivity index (χ3n) is 4.28. The minimum atomic E-state index is 0.316. The van der Waals surface area contributed by atoms with Gasteiger partial charge in [-0.2, -0.15) is 0 Å². The molecule has 0 unspecified atom stereocenters. The van der Waals surface area contributed by atoms with Crippen LogP contribution in [0.4, 0.5) is 0 Å². The van der Waals surface area contributed by atoms with E-state index in [2.05, 4.69) is 17.1 Å². The highest BCUT2D eigenvalue weighted by Gasteiger charge is 2.31. The third kappa shape index (κ3) is 3.21. The van der Waals surface area contributed by atoms with Gasteiger partial charge in [0.1, 0.15) is 0 Å². The molecule has 1 N–H and O–H groups in total. The summed E-state index contributed by atoms with van der Waals surface area (Å²) in [7, 11) is 0. The molecule has 2 fully saturated rings. The molecule has 0 bridgehead atoms. The maximum absolute atomic E-state index is 12.5. The van der Waals surface area contributed by atoms with E-state index < -0.39 is 0 Å². The SMILES string of the molecule is CCN(C(=O)C1CCCCCCC1)C1CNC1. The van der Waals surface area contributed by atoms with Crippen LogP contribution in [0.1, 0.15) is 51.9 Å². The second-order valence-corrected chi connectivity index (χ2v) is 5.48. The number of likely N-dealkylation sites (N-methyl/N-ethyl adjacent to an activating group) is 1. The number of carbonyl (C=O) groups excluding carboxylic acids is 1. The summed E-state index contributed by atoms with van der Waals surface area (Å²) >= 11 is 0. The molecule has 1 aliphatic carbocycles. The van der Waals surface area contributed by atoms with Crippen molar-refractivity contribution in [2.24, 2.45) is 5.92 Å². The van der Waals surface area contributed by atoms with E-state index in [4.69, 9.17) is 0 Å². The van der Waals surface area contributed by atoms with Crippen LogP contribution >= 0.6 is 0 Å². The van der Waals surface area contributed by atoms with Gasteiger partial charge in [-0.3, -0.25) is 4.79 Å². The monoisotopic (exact) mass is 238 g/mol. The highest BCUT2D eigenvalue weighted by Crippen LogP contribution is 2.25. The summed E-state index contributed by atoms with van der Waals surface area (Å²) in [6.45, 7) is 4.97. The first-order valence-electron chi connectivity index (χ1n) is 7.34. The average molecular weight is 238 g/mol. The predicted molar refractivity (Wildman–Crippen MR) is 69.9 cm³/mol. The highest BCUT2D eigenvalue weighted by atomic mass is 16.2. The van der Waals surface area contributed by atoms with Gasteiger partial charge in [-0.15, -0.1) is 0 Å². The van der Waals surface area contributed by atoms with E-state index in [0.29, 0.717) is 17.9 Å². The van der Waals surface area contributed by atoms with Crippen molar-refractivity contribution < 1.29 is 4.79 Å². The lowest BCUT2D eigenvalue weighted by atomic mass is 9.89. The van der Waals surface area contributed by atoms with Crippen molar-refractivity contribution in [3.63, 3.8) is 0 Å². The van der Waals surface area contributed by atoms with Gasteiger partial charge in [0, 0.05) is 25.6 Å². The minimum absolute atomic E-state index is 0.316. The quantitative estimate of drug-likeness (QED) is 0.817. The van der Waals surface area contributed by atoms with E-state index >= 15 is 0 Å². The fourth-order valence-electron chi connectivity index (χ4n) is 3.03. The van der Waals surface area contributed by atoms with Crippen LogP contribution in [0.15, 0.2) is 0 Å². The van der Waals surface area contributed by atoms with E-state index in [9.17, 15) is 4.79 Å². The van der Waals surface area contributed by atoms with Crippen LogP contribution in [0.5, 0.6) is 0 Å². The molecular formula is C14H26N2O. The molecule has 1 saturated carbocycles. The molecule has 1 amide bonds. The van der Waals surface area contributed by atoms with Crippen LogP contribution in [0, 0.1) is 5.92 Å². The fourth-order valence-corrected chi connectivity index (χ4v) is 3.03. The van der Waals surface area contributed by atoms with E-state index in [-0.39, 0.29) is 0 Å². The van der Waals surface area contributed by atoms with Crippen LogP contribution in [0.2, 0.25) is 0 Å². The van der Waals surface area contributed by atoms with Gasteiger partial charge in [0.05, 0.1) is 6.04 Å². The summed E-state index contributed by atoms with van der Waals surface area (Å²) in [6.07, 6.45) is 8.74. The normalized spacial score (nSPS) is 23.6. The molecule has 0 aromatic carbocycles. The molecule has 3 nitrogen and oxygen atoms in total. The zero-order valence-corrected chi connectivity index (χ0v) is 11.1. The molecule has 0 aromatic rings. The van der Waals surface area contributed by atoms with E-state index in [1.165, 1.54) is 32.1 Å². The maximum atomic E-state index is 12.5. The van der Waals surface area contributed by atoms with Crippen molar-refractivity contribution in [2.45, 2.75) is 57.9 Å². The first-order valence-corrected chi connectivity index (χ1v) is 7.34. The molecule has 0 spiro atoms. The van der Waals surface area contributed by atoms with Crippen molar-refractivity contribution >= 4 is 5.91 Å². The van der Waals surface area contributed by atoms with Crippen molar-refractivity contribution in [3.05, 3.63) is 0 Å². The molecule has 1 aliphatic heterocycles. The van der Waals surface area contributed by atoms with Gasteiger partial charge in [-0.05, 0) is 19.8 Å². The van der Waals surface area contributed by atoms with Gasteiger partial charge in [-0.1, -0.05) is 32.1 Å². The van der Waals surface area contributed by atoms with Gasteiger partial charge < -0.3 is 10.2 Å². The predicted octanol–water partition coefficient (Wildman–Crippen LogP) is 2.17. The summed E-state index contributed by atoms with van der Waals surface area (Å²) < 4.78 is 0. The molecular weight excluding hydrogens is 212 g/mol. The Labute approximate surface area is 105 Å². The van der Waals surface area contributed by atoms with E-state index in [0.717, 1.165) is 32.5 Å². The summed E-state index contributed by atoms with van der Waals surface area (Å²) in [5.74, 6) is 0.747. The smallest absolute Gasteiger partial charge is 0.226 e. The van der Waals surface area contributed by atoms with Crippen molar-refractivity contribution in [1.29, 1.82) is 0 Å². The van der Waals surface area contributed by atoms with E-state index in [1.54, 1.807) is 0 Å². The molecule has 3 heteroatoms. The lowest BCUT2D eigenvalue weighted by Crippen LogP contribution is -2.59. The van der Waals surface area contributed by atoms with Crippen molar-refractivity contribution in [2.75, 3.05) is 19.6 Å². The van der Waals surface area contributed by atoms with Gasteiger partial charge in [0.2, 0.25) is 5.91 Å². The summed E-state index contributed by atoms with van der Waals surface area (Å²) in [6, 6.07) is 0.470. The summed E-state index contributed by atoms with van der Waals surface area (Å²) in [5.41, 5.74) is 0. The van der Waals surface area contributed by atoms with Gasteiger partial charge in [0.15, 0.2) is 0 Å². The molecule has 17 heavy (non-hydrogen) atoms. The molecule has 2 aliphatic rings. The largest absolute Gasteiger partial charge is 0.337 e. The lowest BCUT2D eigenvalue weighted by molar-refractivity contribution is -0.139. The van der Waals surface area contributed by atoms with Gasteiger partial charge in [-0.25, -0.2) is 0 Å². The topological polar surface area (TPSA) is 32.3 Å². The Balaban J connectivity index is 1.90. The maximum Gasteiger partial charge on any atom is 0.226 e. The van der Waals surface area contributed by atoms with Crippen LogP contribution in [-0.4, -0.2) is 36.5 Å². The fraction of sp³-hybridized carbons (Fsp3) is 0.929. The second-order valence-electron chi connectivity index (χ2n) is 5.48.